The smallest absolute Gasteiger partial charge is 0.338 e. The molecule has 1 aliphatic rings. The Labute approximate surface area is 112 Å². The minimum absolute atomic E-state index is 0.112. The molecule has 0 saturated carbocycles. The monoisotopic (exact) mass is 262 g/mol. The van der Waals surface area contributed by atoms with Gasteiger partial charge in [-0.1, -0.05) is 6.07 Å². The lowest BCUT2D eigenvalue weighted by molar-refractivity contribution is 0.0526. The van der Waals surface area contributed by atoms with Crippen LogP contribution in [0.1, 0.15) is 30.1 Å². The molecule has 0 aliphatic carbocycles. The molecule has 1 heterocycles. The maximum atomic E-state index is 11.9. The van der Waals surface area contributed by atoms with Crippen molar-refractivity contribution >= 4 is 17.7 Å². The lowest BCUT2D eigenvalue weighted by Crippen LogP contribution is -2.32. The zero-order valence-corrected chi connectivity index (χ0v) is 11.0. The first kappa shape index (κ1) is 13.4. The summed E-state index contributed by atoms with van der Waals surface area (Å²) in [5, 5.41) is 2.80. The van der Waals surface area contributed by atoms with Crippen LogP contribution in [0.4, 0.5) is 10.5 Å². The van der Waals surface area contributed by atoms with Gasteiger partial charge in [-0.25, -0.2) is 9.59 Å². The molecule has 19 heavy (non-hydrogen) atoms. The topological polar surface area (TPSA) is 58.6 Å². The normalized spacial score (nSPS) is 14.3. The van der Waals surface area contributed by atoms with Crippen molar-refractivity contribution in [3.8, 4) is 0 Å². The van der Waals surface area contributed by atoms with Crippen molar-refractivity contribution in [3.63, 3.8) is 0 Å². The summed E-state index contributed by atoms with van der Waals surface area (Å²) in [6, 6.07) is 6.68. The van der Waals surface area contributed by atoms with Crippen molar-refractivity contribution in [1.82, 2.24) is 4.90 Å². The van der Waals surface area contributed by atoms with E-state index in [1.165, 1.54) is 0 Å². The molecule has 2 rings (SSSR count). The Hall–Kier alpha value is -2.04. The summed E-state index contributed by atoms with van der Waals surface area (Å²) in [7, 11) is 0. The van der Waals surface area contributed by atoms with Crippen LogP contribution in [0.2, 0.25) is 0 Å². The van der Waals surface area contributed by atoms with Crippen LogP contribution in [0.25, 0.3) is 0 Å². The van der Waals surface area contributed by atoms with Gasteiger partial charge in [0.05, 0.1) is 12.2 Å². The highest BCUT2D eigenvalue weighted by atomic mass is 16.5. The van der Waals surface area contributed by atoms with E-state index in [9.17, 15) is 9.59 Å². The van der Waals surface area contributed by atoms with Crippen LogP contribution < -0.4 is 5.32 Å². The zero-order valence-electron chi connectivity index (χ0n) is 11.0. The molecule has 0 spiro atoms. The number of amides is 2. The Balaban J connectivity index is 2.02. The first-order chi connectivity index (χ1) is 9.20. The number of nitrogens with zero attached hydrogens (tertiary/aromatic N) is 1. The fourth-order valence-electron chi connectivity index (χ4n) is 2.06. The van der Waals surface area contributed by atoms with E-state index in [4.69, 9.17) is 4.74 Å². The van der Waals surface area contributed by atoms with Crippen molar-refractivity contribution in [3.05, 3.63) is 29.8 Å². The molecule has 0 aromatic heterocycles. The zero-order chi connectivity index (χ0) is 13.7. The Kier molecular flexibility index (Phi) is 4.39. The van der Waals surface area contributed by atoms with E-state index in [1.807, 2.05) is 0 Å². The van der Waals surface area contributed by atoms with Gasteiger partial charge in [-0.15, -0.1) is 0 Å². The van der Waals surface area contributed by atoms with Gasteiger partial charge >= 0.3 is 12.0 Å². The highest BCUT2D eigenvalue weighted by Crippen LogP contribution is 2.14. The van der Waals surface area contributed by atoms with Gasteiger partial charge in [-0.3, -0.25) is 0 Å². The highest BCUT2D eigenvalue weighted by Gasteiger charge is 2.18. The van der Waals surface area contributed by atoms with Gasteiger partial charge in [0, 0.05) is 18.8 Å². The van der Waals surface area contributed by atoms with Crippen LogP contribution in [0.3, 0.4) is 0 Å². The predicted octanol–water partition coefficient (Wildman–Crippen LogP) is 2.49. The van der Waals surface area contributed by atoms with Gasteiger partial charge in [0.1, 0.15) is 0 Å². The molecule has 102 valence electrons. The Morgan fingerprint density at radius 3 is 2.74 bits per heavy atom. The standard InChI is InChI=1S/C14H18N2O3/c1-2-19-13(17)11-6-5-7-12(10-11)15-14(18)16-8-3-4-9-16/h5-7,10H,2-4,8-9H2,1H3,(H,15,18). The molecular weight excluding hydrogens is 244 g/mol. The minimum Gasteiger partial charge on any atom is -0.462 e. The van der Waals surface area contributed by atoms with E-state index in [0.29, 0.717) is 17.9 Å². The second-order valence-corrected chi connectivity index (χ2v) is 4.43. The molecule has 1 aromatic carbocycles. The second-order valence-electron chi connectivity index (χ2n) is 4.43. The summed E-state index contributed by atoms with van der Waals surface area (Å²) in [4.78, 5) is 25.3. The van der Waals surface area contributed by atoms with Crippen LogP contribution in [0, 0.1) is 0 Å². The molecule has 1 aromatic rings. The lowest BCUT2D eigenvalue weighted by atomic mass is 10.2. The Bertz CT molecular complexity index is 468. The number of esters is 1. The number of benzene rings is 1. The molecule has 0 radical (unpaired) electrons. The highest BCUT2D eigenvalue weighted by molar-refractivity contribution is 5.94. The van der Waals surface area contributed by atoms with Crippen molar-refractivity contribution in [1.29, 1.82) is 0 Å². The predicted molar refractivity (Wildman–Crippen MR) is 72.2 cm³/mol. The third-order valence-corrected chi connectivity index (χ3v) is 3.02. The van der Waals surface area contributed by atoms with Crippen molar-refractivity contribution < 1.29 is 14.3 Å². The summed E-state index contributed by atoms with van der Waals surface area (Å²) < 4.78 is 4.93. The third-order valence-electron chi connectivity index (χ3n) is 3.02. The second kappa shape index (κ2) is 6.22. The average Bonchev–Trinajstić information content (AvgIpc) is 2.93. The largest absolute Gasteiger partial charge is 0.462 e. The SMILES string of the molecule is CCOC(=O)c1cccc(NC(=O)N2CCCC2)c1. The van der Waals surface area contributed by atoms with E-state index in [-0.39, 0.29) is 12.0 Å². The summed E-state index contributed by atoms with van der Waals surface area (Å²) in [5.41, 5.74) is 1.06. The van der Waals surface area contributed by atoms with Gasteiger partial charge in [-0.05, 0) is 38.0 Å². The number of nitrogens with one attached hydrogen (secondary N) is 1. The summed E-state index contributed by atoms with van der Waals surface area (Å²) in [5.74, 6) is -0.375. The average molecular weight is 262 g/mol. The van der Waals surface area contributed by atoms with Gasteiger partial charge in [-0.2, -0.15) is 0 Å². The molecule has 1 saturated heterocycles. The van der Waals surface area contributed by atoms with Gasteiger partial charge < -0.3 is 15.0 Å². The maximum Gasteiger partial charge on any atom is 0.338 e. The number of carbonyl (C=O) groups excluding carboxylic acids is 2. The first-order valence-electron chi connectivity index (χ1n) is 6.54. The summed E-state index contributed by atoms with van der Waals surface area (Å²) >= 11 is 0. The van der Waals surface area contributed by atoms with E-state index < -0.39 is 0 Å². The molecular formula is C14H18N2O3. The number of carbonyl (C=O) groups is 2. The first-order valence-corrected chi connectivity index (χ1v) is 6.54. The molecule has 5 nitrogen and oxygen atoms in total. The summed E-state index contributed by atoms with van der Waals surface area (Å²) in [6.07, 6.45) is 2.10. The summed E-state index contributed by atoms with van der Waals surface area (Å²) in [6.45, 7) is 3.69. The number of urea groups is 1. The Morgan fingerprint density at radius 2 is 2.05 bits per heavy atom. The molecule has 1 fully saturated rings. The van der Waals surface area contributed by atoms with E-state index in [0.717, 1.165) is 25.9 Å². The van der Waals surface area contributed by atoms with Crippen LogP contribution >= 0.6 is 0 Å². The molecule has 0 unspecified atom stereocenters. The van der Waals surface area contributed by atoms with Crippen molar-refractivity contribution in [2.75, 3.05) is 25.0 Å². The quantitative estimate of drug-likeness (QED) is 0.851. The number of rotatable bonds is 3. The van der Waals surface area contributed by atoms with E-state index in [1.54, 1.807) is 36.1 Å². The molecule has 2 amide bonds. The molecule has 0 bridgehead atoms. The number of likely N-dealkylation sites (tertiary alicyclic amines) is 1. The minimum atomic E-state index is -0.375. The molecule has 5 heteroatoms. The molecule has 0 atom stereocenters. The molecule has 1 N–H and O–H groups in total. The number of ether oxygens (including phenoxy) is 1. The van der Waals surface area contributed by atoms with Crippen LogP contribution in [-0.4, -0.2) is 36.6 Å². The number of hydrogen-bond donors (Lipinski definition) is 1. The van der Waals surface area contributed by atoms with E-state index >= 15 is 0 Å². The number of hydrogen-bond acceptors (Lipinski definition) is 3. The maximum absolute atomic E-state index is 11.9. The lowest BCUT2D eigenvalue weighted by Gasteiger charge is -2.16. The van der Waals surface area contributed by atoms with Gasteiger partial charge in [0.25, 0.3) is 0 Å². The van der Waals surface area contributed by atoms with Crippen LogP contribution in [-0.2, 0) is 4.74 Å². The molecule has 1 aliphatic heterocycles. The van der Waals surface area contributed by atoms with Crippen molar-refractivity contribution in [2.24, 2.45) is 0 Å². The van der Waals surface area contributed by atoms with Crippen molar-refractivity contribution in [2.45, 2.75) is 19.8 Å². The van der Waals surface area contributed by atoms with Crippen LogP contribution in [0.15, 0.2) is 24.3 Å². The van der Waals surface area contributed by atoms with E-state index in [2.05, 4.69) is 5.32 Å². The van der Waals surface area contributed by atoms with Crippen LogP contribution in [0.5, 0.6) is 0 Å². The fraction of sp³-hybridized carbons (Fsp3) is 0.429. The fourth-order valence-corrected chi connectivity index (χ4v) is 2.06. The van der Waals surface area contributed by atoms with Gasteiger partial charge in [0.15, 0.2) is 0 Å². The third kappa shape index (κ3) is 3.47. The Morgan fingerprint density at radius 1 is 1.32 bits per heavy atom. The van der Waals surface area contributed by atoms with Gasteiger partial charge in [0.2, 0.25) is 0 Å². The number of anilines is 1.